The number of nitrogens with two attached hydrogens (primary N) is 1. The van der Waals surface area contributed by atoms with Crippen LogP contribution in [0.15, 0.2) is 30.3 Å². The fourth-order valence-corrected chi connectivity index (χ4v) is 3.43. The summed E-state index contributed by atoms with van der Waals surface area (Å²) in [5, 5.41) is 6.85. The zero-order valence-electron chi connectivity index (χ0n) is 16.6. The molecule has 1 amide bonds. The van der Waals surface area contributed by atoms with E-state index in [2.05, 4.69) is 55.7 Å². The van der Waals surface area contributed by atoms with Crippen molar-refractivity contribution in [3.63, 3.8) is 0 Å². The fourth-order valence-electron chi connectivity index (χ4n) is 3.43. The third-order valence-corrected chi connectivity index (χ3v) is 5.60. The molecule has 1 aliphatic heterocycles. The Morgan fingerprint density at radius 1 is 1.19 bits per heavy atom. The molecule has 1 aromatic carbocycles. The van der Waals surface area contributed by atoms with E-state index in [9.17, 15) is 4.79 Å². The Hall–Kier alpha value is -0.850. The molecule has 4 N–H and O–H groups in total. The topological polar surface area (TPSA) is 76.4 Å². The van der Waals surface area contributed by atoms with Gasteiger partial charge in [0, 0.05) is 31.3 Å². The number of rotatable bonds is 8. The number of benzene rings is 1. The normalized spacial score (nSPS) is 17.2. The number of nitrogens with one attached hydrogen (secondary N) is 2. The molecule has 1 fully saturated rings. The summed E-state index contributed by atoms with van der Waals surface area (Å²) in [6.45, 7) is 8.18. The monoisotopic (exact) mass is 419 g/mol. The van der Waals surface area contributed by atoms with Crippen LogP contribution < -0.4 is 16.4 Å². The van der Waals surface area contributed by atoms with E-state index >= 15 is 0 Å². The third-order valence-electron chi connectivity index (χ3n) is 5.60. The Balaban J connectivity index is 0.00000338. The zero-order chi connectivity index (χ0) is 18.3. The number of hydrogen-bond acceptors (Lipinski definition) is 4. The number of hydrogen-bond donors (Lipinski definition) is 3. The van der Waals surface area contributed by atoms with Gasteiger partial charge in [0.1, 0.15) is 0 Å². The second-order valence-electron chi connectivity index (χ2n) is 7.22. The summed E-state index contributed by atoms with van der Waals surface area (Å²) in [6.07, 6.45) is 3.03. The van der Waals surface area contributed by atoms with Crippen LogP contribution in [0, 0.1) is 0 Å². The summed E-state index contributed by atoms with van der Waals surface area (Å²) in [5.74, 6) is -0.0590. The van der Waals surface area contributed by atoms with Gasteiger partial charge in [-0.2, -0.15) is 0 Å². The Kier molecular flexibility index (Phi) is 11.5. The second kappa shape index (κ2) is 11.9. The molecule has 0 spiro atoms. The SMILES string of the molecule is CCC(CC)(CNC(=O)C1(N)CCOCC1)NC(C)c1ccccc1.Cl.Cl. The maximum Gasteiger partial charge on any atom is 0.240 e. The highest BCUT2D eigenvalue weighted by Gasteiger charge is 2.37. The van der Waals surface area contributed by atoms with Gasteiger partial charge < -0.3 is 21.1 Å². The van der Waals surface area contributed by atoms with Gasteiger partial charge in [-0.25, -0.2) is 0 Å². The molecule has 5 nitrogen and oxygen atoms in total. The van der Waals surface area contributed by atoms with Crippen molar-refractivity contribution in [2.45, 2.75) is 63.6 Å². The van der Waals surface area contributed by atoms with Gasteiger partial charge in [-0.15, -0.1) is 24.8 Å². The van der Waals surface area contributed by atoms with Crippen molar-refractivity contribution in [1.82, 2.24) is 10.6 Å². The van der Waals surface area contributed by atoms with E-state index in [0.29, 0.717) is 32.6 Å². The average Bonchev–Trinajstić information content (AvgIpc) is 2.66. The maximum atomic E-state index is 12.6. The van der Waals surface area contributed by atoms with Crippen molar-refractivity contribution in [2.75, 3.05) is 19.8 Å². The Morgan fingerprint density at radius 3 is 2.26 bits per heavy atom. The van der Waals surface area contributed by atoms with Crippen LogP contribution in [0.3, 0.4) is 0 Å². The highest BCUT2D eigenvalue weighted by atomic mass is 35.5. The first-order chi connectivity index (χ1) is 11.9. The molecule has 0 saturated carbocycles. The number of ether oxygens (including phenoxy) is 1. The van der Waals surface area contributed by atoms with Crippen molar-refractivity contribution in [3.8, 4) is 0 Å². The van der Waals surface area contributed by atoms with Gasteiger partial charge in [-0.05, 0) is 38.2 Å². The molecule has 1 atom stereocenters. The molecule has 2 rings (SSSR count). The van der Waals surface area contributed by atoms with E-state index in [1.165, 1.54) is 5.56 Å². The molecular formula is C20H35Cl2N3O2. The molecule has 7 heteroatoms. The average molecular weight is 420 g/mol. The van der Waals surface area contributed by atoms with Gasteiger partial charge in [0.2, 0.25) is 5.91 Å². The van der Waals surface area contributed by atoms with Crippen LogP contribution in [0.1, 0.15) is 58.1 Å². The van der Waals surface area contributed by atoms with Gasteiger partial charge in [0.05, 0.1) is 5.54 Å². The first kappa shape index (κ1) is 26.1. The largest absolute Gasteiger partial charge is 0.381 e. The van der Waals surface area contributed by atoms with Crippen LogP contribution in [-0.4, -0.2) is 36.7 Å². The van der Waals surface area contributed by atoms with Crippen molar-refractivity contribution in [2.24, 2.45) is 5.73 Å². The molecule has 1 saturated heterocycles. The van der Waals surface area contributed by atoms with Crippen LogP contribution in [-0.2, 0) is 9.53 Å². The van der Waals surface area contributed by atoms with E-state index in [4.69, 9.17) is 10.5 Å². The fraction of sp³-hybridized carbons (Fsp3) is 0.650. The van der Waals surface area contributed by atoms with Crippen molar-refractivity contribution < 1.29 is 9.53 Å². The lowest BCUT2D eigenvalue weighted by molar-refractivity contribution is -0.130. The first-order valence-electron chi connectivity index (χ1n) is 9.42. The Bertz CT molecular complexity index is 547. The van der Waals surface area contributed by atoms with E-state index in [-0.39, 0.29) is 42.3 Å². The molecule has 1 aromatic rings. The molecule has 1 aliphatic rings. The maximum absolute atomic E-state index is 12.6. The summed E-state index contributed by atoms with van der Waals surface area (Å²) < 4.78 is 5.33. The number of carbonyl (C=O) groups is 1. The summed E-state index contributed by atoms with van der Waals surface area (Å²) in [4.78, 5) is 12.6. The van der Waals surface area contributed by atoms with Gasteiger partial charge in [0.25, 0.3) is 0 Å². The zero-order valence-corrected chi connectivity index (χ0v) is 18.3. The van der Waals surface area contributed by atoms with Crippen molar-refractivity contribution in [3.05, 3.63) is 35.9 Å². The summed E-state index contributed by atoms with van der Waals surface area (Å²) in [5.41, 5.74) is 6.60. The number of halogens is 2. The molecular weight excluding hydrogens is 385 g/mol. The number of carbonyl (C=O) groups excluding carboxylic acids is 1. The van der Waals surface area contributed by atoms with Gasteiger partial charge >= 0.3 is 0 Å². The van der Waals surface area contributed by atoms with Gasteiger partial charge in [-0.1, -0.05) is 44.2 Å². The van der Waals surface area contributed by atoms with E-state index in [1.807, 2.05) is 6.07 Å². The quantitative estimate of drug-likeness (QED) is 0.603. The second-order valence-corrected chi connectivity index (χ2v) is 7.22. The standard InChI is InChI=1S/C20H33N3O2.2ClH/c1-4-19(5-2,23-16(3)17-9-7-6-8-10-17)15-22-18(24)20(21)11-13-25-14-12-20;;/h6-10,16,23H,4-5,11-15,21H2,1-3H3,(H,22,24);2*1H. The van der Waals surface area contributed by atoms with Crippen LogP contribution in [0.25, 0.3) is 0 Å². The van der Waals surface area contributed by atoms with Crippen LogP contribution >= 0.6 is 24.8 Å². The van der Waals surface area contributed by atoms with E-state index in [1.54, 1.807) is 0 Å². The molecule has 27 heavy (non-hydrogen) atoms. The minimum absolute atomic E-state index is 0. The van der Waals surface area contributed by atoms with Gasteiger partial charge in [0.15, 0.2) is 0 Å². The van der Waals surface area contributed by atoms with Crippen molar-refractivity contribution >= 4 is 30.7 Å². The lowest BCUT2D eigenvalue weighted by atomic mass is 9.88. The predicted molar refractivity (Wildman–Crippen MR) is 116 cm³/mol. The molecule has 1 unspecified atom stereocenters. The summed E-state index contributed by atoms with van der Waals surface area (Å²) in [6, 6.07) is 10.6. The highest BCUT2D eigenvalue weighted by Crippen LogP contribution is 2.23. The predicted octanol–water partition coefficient (Wildman–Crippen LogP) is 3.36. The molecule has 0 bridgehead atoms. The molecule has 0 aliphatic carbocycles. The Morgan fingerprint density at radius 2 is 1.74 bits per heavy atom. The van der Waals surface area contributed by atoms with E-state index in [0.717, 1.165) is 12.8 Å². The summed E-state index contributed by atoms with van der Waals surface area (Å²) in [7, 11) is 0. The molecule has 0 radical (unpaired) electrons. The first-order valence-corrected chi connectivity index (χ1v) is 9.42. The number of amides is 1. The molecule has 1 heterocycles. The van der Waals surface area contributed by atoms with Gasteiger partial charge in [-0.3, -0.25) is 4.79 Å². The molecule has 0 aromatic heterocycles. The smallest absolute Gasteiger partial charge is 0.240 e. The van der Waals surface area contributed by atoms with Crippen molar-refractivity contribution in [1.29, 1.82) is 0 Å². The van der Waals surface area contributed by atoms with E-state index < -0.39 is 5.54 Å². The lowest BCUT2D eigenvalue weighted by Gasteiger charge is -2.38. The third kappa shape index (κ3) is 6.91. The van der Waals surface area contributed by atoms with Crippen LogP contribution in [0.4, 0.5) is 0 Å². The van der Waals surface area contributed by atoms with Crippen LogP contribution in [0.5, 0.6) is 0 Å². The van der Waals surface area contributed by atoms with Crippen LogP contribution in [0.2, 0.25) is 0 Å². The summed E-state index contributed by atoms with van der Waals surface area (Å²) >= 11 is 0. The molecule has 156 valence electrons. The minimum Gasteiger partial charge on any atom is -0.381 e. The minimum atomic E-state index is -0.795. The Labute approximate surface area is 176 Å². The lowest BCUT2D eigenvalue weighted by Crippen LogP contribution is -2.61. The highest BCUT2D eigenvalue weighted by molar-refractivity contribution is 5.86.